The highest BCUT2D eigenvalue weighted by molar-refractivity contribution is 7.89. The lowest BCUT2D eigenvalue weighted by atomic mass is 10.4. The standard InChI is InChI=1S/C13H25N5O2S/c1-3-21(19,20)17-8-6-7-15-13(14-2)16-9-12-18-10-4-5-11-18/h4-5,10-11,17H,3,6-9,12H2,1-2H3,(H2,14,15,16). The minimum Gasteiger partial charge on any atom is -0.356 e. The maximum Gasteiger partial charge on any atom is 0.211 e. The first-order valence-electron chi connectivity index (χ1n) is 7.10. The van der Waals surface area contributed by atoms with Crippen LogP contribution in [0.25, 0.3) is 0 Å². The van der Waals surface area contributed by atoms with Crippen molar-refractivity contribution in [3.8, 4) is 0 Å². The zero-order valence-electron chi connectivity index (χ0n) is 12.7. The molecule has 0 unspecified atom stereocenters. The molecular weight excluding hydrogens is 290 g/mol. The quantitative estimate of drug-likeness (QED) is 0.340. The molecule has 0 amide bonds. The van der Waals surface area contributed by atoms with Crippen LogP contribution in [0.1, 0.15) is 13.3 Å². The van der Waals surface area contributed by atoms with Crippen LogP contribution in [0.3, 0.4) is 0 Å². The van der Waals surface area contributed by atoms with Crippen molar-refractivity contribution < 1.29 is 8.42 Å². The molecule has 0 aliphatic carbocycles. The third kappa shape index (κ3) is 7.72. The molecule has 0 atom stereocenters. The van der Waals surface area contributed by atoms with Gasteiger partial charge in [-0.15, -0.1) is 0 Å². The van der Waals surface area contributed by atoms with Gasteiger partial charge in [-0.1, -0.05) is 0 Å². The lowest BCUT2D eigenvalue weighted by Gasteiger charge is -2.12. The van der Waals surface area contributed by atoms with Crippen LogP contribution in [0.2, 0.25) is 0 Å². The van der Waals surface area contributed by atoms with Gasteiger partial charge in [-0.3, -0.25) is 4.99 Å². The lowest BCUT2D eigenvalue weighted by Crippen LogP contribution is -2.40. The van der Waals surface area contributed by atoms with Crippen molar-refractivity contribution in [1.82, 2.24) is 19.9 Å². The van der Waals surface area contributed by atoms with E-state index in [1.807, 2.05) is 24.5 Å². The van der Waals surface area contributed by atoms with Gasteiger partial charge in [0, 0.05) is 45.6 Å². The van der Waals surface area contributed by atoms with Crippen LogP contribution in [0.4, 0.5) is 0 Å². The number of aliphatic imine (C=N–C) groups is 1. The maximum atomic E-state index is 11.2. The number of nitrogens with zero attached hydrogens (tertiary/aromatic N) is 2. The van der Waals surface area contributed by atoms with Crippen molar-refractivity contribution >= 4 is 16.0 Å². The largest absolute Gasteiger partial charge is 0.356 e. The second-order valence-electron chi connectivity index (χ2n) is 4.50. The van der Waals surface area contributed by atoms with Crippen LogP contribution in [-0.2, 0) is 16.6 Å². The van der Waals surface area contributed by atoms with E-state index in [2.05, 4.69) is 24.9 Å². The molecule has 0 saturated heterocycles. The number of guanidine groups is 1. The predicted octanol–water partition coefficient (Wildman–Crippen LogP) is -0.0175. The fraction of sp³-hybridized carbons (Fsp3) is 0.615. The van der Waals surface area contributed by atoms with Crippen LogP contribution >= 0.6 is 0 Å². The summed E-state index contributed by atoms with van der Waals surface area (Å²) < 4.78 is 27.1. The first-order chi connectivity index (χ1) is 10.1. The molecule has 0 aliphatic rings. The van der Waals surface area contributed by atoms with Crippen molar-refractivity contribution in [3.63, 3.8) is 0 Å². The predicted molar refractivity (Wildman–Crippen MR) is 85.9 cm³/mol. The van der Waals surface area contributed by atoms with Gasteiger partial charge in [0.1, 0.15) is 0 Å². The van der Waals surface area contributed by atoms with Crippen molar-refractivity contribution in [2.75, 3.05) is 32.4 Å². The summed E-state index contributed by atoms with van der Waals surface area (Å²) in [5, 5.41) is 6.35. The first kappa shape index (κ1) is 17.5. The molecule has 0 fully saturated rings. The highest BCUT2D eigenvalue weighted by Crippen LogP contribution is 1.88. The van der Waals surface area contributed by atoms with Crippen LogP contribution in [-0.4, -0.2) is 51.4 Å². The third-order valence-electron chi connectivity index (χ3n) is 2.90. The molecule has 0 radical (unpaired) electrons. The van der Waals surface area contributed by atoms with E-state index in [0.29, 0.717) is 19.5 Å². The molecule has 120 valence electrons. The van der Waals surface area contributed by atoms with E-state index in [4.69, 9.17) is 0 Å². The SMILES string of the molecule is CCS(=O)(=O)NCCCNC(=NC)NCCn1cccc1. The molecule has 3 N–H and O–H groups in total. The Kier molecular flexibility index (Phi) is 7.84. The van der Waals surface area contributed by atoms with E-state index in [0.717, 1.165) is 19.0 Å². The van der Waals surface area contributed by atoms with Gasteiger partial charge in [0.05, 0.1) is 5.75 Å². The Morgan fingerprint density at radius 3 is 2.43 bits per heavy atom. The van der Waals surface area contributed by atoms with Gasteiger partial charge in [-0.2, -0.15) is 0 Å². The Hall–Kier alpha value is -1.54. The summed E-state index contributed by atoms with van der Waals surface area (Å²) in [7, 11) is -1.38. The monoisotopic (exact) mass is 315 g/mol. The summed E-state index contributed by atoms with van der Waals surface area (Å²) in [6, 6.07) is 3.98. The highest BCUT2D eigenvalue weighted by atomic mass is 32.2. The summed E-state index contributed by atoms with van der Waals surface area (Å²) in [6.07, 6.45) is 4.73. The molecule has 8 heteroatoms. The van der Waals surface area contributed by atoms with Gasteiger partial charge in [0.15, 0.2) is 5.96 Å². The molecule has 1 aromatic rings. The first-order valence-corrected chi connectivity index (χ1v) is 8.75. The molecule has 0 aromatic carbocycles. The summed E-state index contributed by atoms with van der Waals surface area (Å²) in [6.45, 7) is 4.36. The van der Waals surface area contributed by atoms with E-state index < -0.39 is 10.0 Å². The van der Waals surface area contributed by atoms with Crippen molar-refractivity contribution in [1.29, 1.82) is 0 Å². The fourth-order valence-electron chi connectivity index (χ4n) is 1.67. The second kappa shape index (κ2) is 9.41. The summed E-state index contributed by atoms with van der Waals surface area (Å²) in [4.78, 5) is 4.12. The van der Waals surface area contributed by atoms with Crippen LogP contribution in [0.5, 0.6) is 0 Å². The normalized spacial score (nSPS) is 12.4. The van der Waals surface area contributed by atoms with Gasteiger partial charge in [0.25, 0.3) is 0 Å². The Labute approximate surface area is 126 Å². The lowest BCUT2D eigenvalue weighted by molar-refractivity contribution is 0.579. The Balaban J connectivity index is 2.11. The van der Waals surface area contributed by atoms with Crippen LogP contribution in [0, 0.1) is 0 Å². The Morgan fingerprint density at radius 1 is 1.14 bits per heavy atom. The fourth-order valence-corrected chi connectivity index (χ4v) is 2.33. The van der Waals surface area contributed by atoms with E-state index in [1.165, 1.54) is 0 Å². The number of hydrogen-bond acceptors (Lipinski definition) is 3. The van der Waals surface area contributed by atoms with Crippen molar-refractivity contribution in [3.05, 3.63) is 24.5 Å². The molecule has 0 spiro atoms. The number of nitrogens with one attached hydrogen (secondary N) is 3. The molecule has 7 nitrogen and oxygen atoms in total. The van der Waals surface area contributed by atoms with Crippen molar-refractivity contribution in [2.24, 2.45) is 4.99 Å². The average Bonchev–Trinajstić information content (AvgIpc) is 2.98. The van der Waals surface area contributed by atoms with E-state index in [1.54, 1.807) is 14.0 Å². The minimum absolute atomic E-state index is 0.114. The van der Waals surface area contributed by atoms with Crippen LogP contribution < -0.4 is 15.4 Å². The Morgan fingerprint density at radius 2 is 1.81 bits per heavy atom. The van der Waals surface area contributed by atoms with E-state index in [9.17, 15) is 8.42 Å². The second-order valence-corrected chi connectivity index (χ2v) is 6.59. The topological polar surface area (TPSA) is 87.5 Å². The van der Waals surface area contributed by atoms with E-state index >= 15 is 0 Å². The van der Waals surface area contributed by atoms with Gasteiger partial charge in [-0.25, -0.2) is 13.1 Å². The average molecular weight is 315 g/mol. The molecule has 0 saturated carbocycles. The molecule has 1 heterocycles. The summed E-state index contributed by atoms with van der Waals surface area (Å²) in [5.41, 5.74) is 0. The van der Waals surface area contributed by atoms with Gasteiger partial charge in [0.2, 0.25) is 10.0 Å². The summed E-state index contributed by atoms with van der Waals surface area (Å²) in [5.74, 6) is 0.837. The van der Waals surface area contributed by atoms with Gasteiger partial charge >= 0.3 is 0 Å². The maximum absolute atomic E-state index is 11.2. The van der Waals surface area contributed by atoms with E-state index in [-0.39, 0.29) is 5.75 Å². The molecule has 1 aromatic heterocycles. The molecule has 1 rings (SSSR count). The number of rotatable bonds is 9. The highest BCUT2D eigenvalue weighted by Gasteiger charge is 2.04. The smallest absolute Gasteiger partial charge is 0.211 e. The van der Waals surface area contributed by atoms with Gasteiger partial charge in [-0.05, 0) is 25.5 Å². The number of aromatic nitrogens is 1. The van der Waals surface area contributed by atoms with Crippen LogP contribution in [0.15, 0.2) is 29.5 Å². The Bertz CT molecular complexity index is 511. The molecule has 21 heavy (non-hydrogen) atoms. The van der Waals surface area contributed by atoms with Gasteiger partial charge < -0.3 is 15.2 Å². The van der Waals surface area contributed by atoms with Crippen molar-refractivity contribution in [2.45, 2.75) is 19.9 Å². The minimum atomic E-state index is -3.09. The third-order valence-corrected chi connectivity index (χ3v) is 4.30. The zero-order valence-corrected chi connectivity index (χ0v) is 13.5. The molecular formula is C13H25N5O2S. The zero-order chi connectivity index (χ0) is 15.6. The molecule has 0 bridgehead atoms. The summed E-state index contributed by atoms with van der Waals surface area (Å²) >= 11 is 0. The number of sulfonamides is 1. The number of hydrogen-bond donors (Lipinski definition) is 3. The molecule has 0 aliphatic heterocycles.